The van der Waals surface area contributed by atoms with Crippen LogP contribution in [0, 0.1) is 0 Å². The Balaban J connectivity index is 1.84. The molecule has 0 aliphatic carbocycles. The highest BCUT2D eigenvalue weighted by molar-refractivity contribution is 7.90. The molecular formula is C21H18N2O3S. The third-order valence-corrected chi connectivity index (χ3v) is 5.50. The minimum absolute atomic E-state index is 0.299. The largest absolute Gasteiger partial charge is 0.472 e. The second-order valence-corrected chi connectivity index (χ2v) is 8.38. The summed E-state index contributed by atoms with van der Waals surface area (Å²) in [6, 6.07) is 18.8. The van der Waals surface area contributed by atoms with Crippen LogP contribution in [0.4, 0.5) is 0 Å². The van der Waals surface area contributed by atoms with E-state index in [0.29, 0.717) is 11.4 Å². The zero-order valence-electron chi connectivity index (χ0n) is 14.7. The van der Waals surface area contributed by atoms with Crippen LogP contribution in [-0.4, -0.2) is 24.2 Å². The van der Waals surface area contributed by atoms with Crippen molar-refractivity contribution >= 4 is 9.84 Å². The van der Waals surface area contributed by atoms with Crippen LogP contribution in [0.15, 0.2) is 88.8 Å². The van der Waals surface area contributed by atoms with E-state index >= 15 is 0 Å². The van der Waals surface area contributed by atoms with Crippen molar-refractivity contribution in [3.63, 3.8) is 0 Å². The first-order valence-corrected chi connectivity index (χ1v) is 10.3. The number of rotatable bonds is 5. The van der Waals surface area contributed by atoms with E-state index in [-0.39, 0.29) is 0 Å². The summed E-state index contributed by atoms with van der Waals surface area (Å²) in [6.45, 7) is 0.611. The van der Waals surface area contributed by atoms with E-state index in [2.05, 4.69) is 4.98 Å². The van der Waals surface area contributed by atoms with Gasteiger partial charge >= 0.3 is 0 Å². The number of imidazole rings is 1. The molecule has 136 valence electrons. The van der Waals surface area contributed by atoms with E-state index in [0.717, 1.165) is 28.1 Å². The molecule has 0 bridgehead atoms. The fourth-order valence-corrected chi connectivity index (χ4v) is 3.68. The van der Waals surface area contributed by atoms with Gasteiger partial charge in [0.2, 0.25) is 0 Å². The lowest BCUT2D eigenvalue weighted by Crippen LogP contribution is -2.01. The van der Waals surface area contributed by atoms with Crippen LogP contribution in [0.3, 0.4) is 0 Å². The van der Waals surface area contributed by atoms with Gasteiger partial charge < -0.3 is 8.98 Å². The molecule has 27 heavy (non-hydrogen) atoms. The van der Waals surface area contributed by atoms with Gasteiger partial charge in [-0.05, 0) is 18.2 Å². The van der Waals surface area contributed by atoms with Gasteiger partial charge in [-0.25, -0.2) is 13.4 Å². The quantitative estimate of drug-likeness (QED) is 0.520. The van der Waals surface area contributed by atoms with Crippen molar-refractivity contribution < 1.29 is 12.8 Å². The van der Waals surface area contributed by atoms with E-state index in [1.807, 2.05) is 53.1 Å². The number of benzene rings is 2. The highest BCUT2D eigenvalue weighted by Gasteiger charge is 2.16. The third-order valence-electron chi connectivity index (χ3n) is 4.37. The molecule has 0 N–H and O–H groups in total. The zero-order valence-corrected chi connectivity index (χ0v) is 15.6. The standard InChI is InChI=1S/C21H18N2O3S/c1-27(24,25)19-9-7-18(8-10-19)21-20(17-5-3-2-4-6-17)22-15-23(21)13-16-11-12-26-14-16/h2-12,14-15H,13H2,1H3. The average molecular weight is 378 g/mol. The highest BCUT2D eigenvalue weighted by atomic mass is 32.2. The van der Waals surface area contributed by atoms with Crippen LogP contribution in [0.25, 0.3) is 22.5 Å². The monoisotopic (exact) mass is 378 g/mol. The van der Waals surface area contributed by atoms with Gasteiger partial charge in [0.15, 0.2) is 9.84 Å². The zero-order chi connectivity index (χ0) is 18.9. The number of hydrogen-bond donors (Lipinski definition) is 0. The van der Waals surface area contributed by atoms with Crippen molar-refractivity contribution in [2.75, 3.05) is 6.26 Å². The number of aromatic nitrogens is 2. The van der Waals surface area contributed by atoms with Gasteiger partial charge in [0.1, 0.15) is 0 Å². The third kappa shape index (κ3) is 3.57. The molecule has 4 rings (SSSR count). The van der Waals surface area contributed by atoms with Gasteiger partial charge in [-0.2, -0.15) is 0 Å². The number of sulfone groups is 1. The summed E-state index contributed by atoms with van der Waals surface area (Å²) >= 11 is 0. The van der Waals surface area contributed by atoms with Gasteiger partial charge in [-0.3, -0.25) is 0 Å². The second-order valence-electron chi connectivity index (χ2n) is 6.36. The van der Waals surface area contributed by atoms with E-state index in [1.54, 1.807) is 31.0 Å². The summed E-state index contributed by atoms with van der Waals surface area (Å²) in [6.07, 6.45) is 6.36. The normalized spacial score (nSPS) is 11.6. The Morgan fingerprint density at radius 2 is 1.70 bits per heavy atom. The van der Waals surface area contributed by atoms with Crippen LogP contribution in [0.1, 0.15) is 5.56 Å². The Kier molecular flexibility index (Phi) is 4.41. The van der Waals surface area contributed by atoms with Crippen LogP contribution >= 0.6 is 0 Å². The van der Waals surface area contributed by atoms with Crippen LogP contribution in [-0.2, 0) is 16.4 Å². The number of hydrogen-bond acceptors (Lipinski definition) is 4. The van der Waals surface area contributed by atoms with Gasteiger partial charge in [0.05, 0.1) is 41.7 Å². The van der Waals surface area contributed by atoms with Gasteiger partial charge in [0.25, 0.3) is 0 Å². The van der Waals surface area contributed by atoms with Crippen molar-refractivity contribution in [2.45, 2.75) is 11.4 Å². The molecule has 2 aromatic carbocycles. The molecule has 0 atom stereocenters. The first-order chi connectivity index (χ1) is 13.0. The lowest BCUT2D eigenvalue weighted by molar-refractivity contribution is 0.562. The first-order valence-electron chi connectivity index (χ1n) is 8.44. The molecule has 0 saturated heterocycles. The summed E-state index contributed by atoms with van der Waals surface area (Å²) in [4.78, 5) is 4.93. The molecule has 0 amide bonds. The molecular weight excluding hydrogens is 360 g/mol. The summed E-state index contributed by atoms with van der Waals surface area (Å²) < 4.78 is 30.8. The minimum Gasteiger partial charge on any atom is -0.472 e. The van der Waals surface area contributed by atoms with Gasteiger partial charge in [-0.15, -0.1) is 0 Å². The summed E-state index contributed by atoms with van der Waals surface area (Å²) in [5, 5.41) is 0. The Labute approximate surface area is 157 Å². The lowest BCUT2D eigenvalue weighted by Gasteiger charge is -2.11. The van der Waals surface area contributed by atoms with Crippen molar-refractivity contribution in [2.24, 2.45) is 0 Å². The molecule has 2 heterocycles. The van der Waals surface area contributed by atoms with E-state index in [4.69, 9.17) is 4.42 Å². The smallest absolute Gasteiger partial charge is 0.175 e. The average Bonchev–Trinajstić information content (AvgIpc) is 3.32. The molecule has 2 aromatic heterocycles. The lowest BCUT2D eigenvalue weighted by atomic mass is 10.0. The van der Waals surface area contributed by atoms with Gasteiger partial charge in [-0.1, -0.05) is 42.5 Å². The Morgan fingerprint density at radius 1 is 0.963 bits per heavy atom. The Hall–Kier alpha value is -3.12. The SMILES string of the molecule is CS(=O)(=O)c1ccc(-c2c(-c3ccccc3)ncn2Cc2ccoc2)cc1. The molecule has 0 fully saturated rings. The minimum atomic E-state index is -3.24. The second kappa shape index (κ2) is 6.89. The predicted octanol–water partition coefficient (Wildman–Crippen LogP) is 4.26. The Morgan fingerprint density at radius 3 is 2.33 bits per heavy atom. The molecule has 0 aliphatic heterocycles. The highest BCUT2D eigenvalue weighted by Crippen LogP contribution is 2.32. The molecule has 0 unspecified atom stereocenters. The van der Waals surface area contributed by atoms with E-state index < -0.39 is 9.84 Å². The van der Waals surface area contributed by atoms with Crippen molar-refractivity contribution in [3.8, 4) is 22.5 Å². The first kappa shape index (κ1) is 17.3. The summed E-state index contributed by atoms with van der Waals surface area (Å²) in [5.74, 6) is 0. The molecule has 0 spiro atoms. The van der Waals surface area contributed by atoms with E-state index in [1.165, 1.54) is 6.26 Å². The van der Waals surface area contributed by atoms with Crippen molar-refractivity contribution in [1.29, 1.82) is 0 Å². The molecule has 0 saturated carbocycles. The fraction of sp³-hybridized carbons (Fsp3) is 0.0952. The molecule has 4 aromatic rings. The molecule has 6 heteroatoms. The summed E-state index contributed by atoms with van der Waals surface area (Å²) in [7, 11) is -3.24. The van der Waals surface area contributed by atoms with Crippen molar-refractivity contribution in [3.05, 3.63) is 85.1 Å². The number of nitrogens with zero attached hydrogens (tertiary/aromatic N) is 2. The topological polar surface area (TPSA) is 65.1 Å². The maximum atomic E-state index is 11.8. The van der Waals surface area contributed by atoms with Crippen molar-refractivity contribution in [1.82, 2.24) is 9.55 Å². The number of furan rings is 1. The van der Waals surface area contributed by atoms with Crippen LogP contribution in [0.5, 0.6) is 0 Å². The summed E-state index contributed by atoms with van der Waals surface area (Å²) in [5.41, 5.74) is 4.72. The fourth-order valence-electron chi connectivity index (χ4n) is 3.05. The van der Waals surface area contributed by atoms with E-state index in [9.17, 15) is 8.42 Å². The maximum absolute atomic E-state index is 11.8. The Bertz CT molecular complexity index is 1140. The molecule has 5 nitrogen and oxygen atoms in total. The van der Waals surface area contributed by atoms with Gasteiger partial charge in [0, 0.05) is 22.9 Å². The van der Waals surface area contributed by atoms with Crippen LogP contribution < -0.4 is 0 Å². The van der Waals surface area contributed by atoms with Crippen LogP contribution in [0.2, 0.25) is 0 Å². The maximum Gasteiger partial charge on any atom is 0.175 e. The molecule has 0 radical (unpaired) electrons. The molecule has 0 aliphatic rings. The predicted molar refractivity (Wildman–Crippen MR) is 104 cm³/mol.